The van der Waals surface area contributed by atoms with Crippen LogP contribution < -0.4 is 0 Å². The first-order valence-electron chi connectivity index (χ1n) is 6.90. The number of carbonyl (C=O) groups excluding carboxylic acids is 2. The molecule has 0 radical (unpaired) electrons. The fourth-order valence-corrected chi connectivity index (χ4v) is 2.48. The van der Waals surface area contributed by atoms with Gasteiger partial charge in [0.05, 0.1) is 6.04 Å². The van der Waals surface area contributed by atoms with Gasteiger partial charge < -0.3 is 4.74 Å². The third kappa shape index (κ3) is 3.00. The van der Waals surface area contributed by atoms with E-state index in [0.29, 0.717) is 12.8 Å². The summed E-state index contributed by atoms with van der Waals surface area (Å²) in [7, 11) is 0. The lowest BCUT2D eigenvalue weighted by atomic mass is 10.00. The van der Waals surface area contributed by atoms with Crippen molar-refractivity contribution < 1.29 is 14.3 Å². The second-order valence-electron chi connectivity index (χ2n) is 6.16. The van der Waals surface area contributed by atoms with Crippen molar-refractivity contribution in [2.24, 2.45) is 0 Å². The van der Waals surface area contributed by atoms with Gasteiger partial charge in [0.1, 0.15) is 5.60 Å². The zero-order chi connectivity index (χ0) is 14.9. The highest BCUT2D eigenvalue weighted by molar-refractivity contribution is 5.94. The van der Waals surface area contributed by atoms with Gasteiger partial charge in [-0.15, -0.1) is 0 Å². The number of benzene rings is 1. The molecule has 108 valence electrons. The topological polar surface area (TPSA) is 46.6 Å². The molecule has 0 unspecified atom stereocenters. The monoisotopic (exact) mass is 275 g/mol. The molecule has 1 fully saturated rings. The number of rotatable bonds is 1. The van der Waals surface area contributed by atoms with Crippen molar-refractivity contribution >= 4 is 12.0 Å². The van der Waals surface area contributed by atoms with Crippen molar-refractivity contribution in [3.63, 3.8) is 0 Å². The van der Waals surface area contributed by atoms with Crippen LogP contribution in [0.4, 0.5) is 4.79 Å². The summed E-state index contributed by atoms with van der Waals surface area (Å²) in [6, 6.07) is 7.63. The van der Waals surface area contributed by atoms with Crippen LogP contribution in [0.25, 0.3) is 0 Å². The molecule has 0 aromatic heterocycles. The molecule has 4 heteroatoms. The molecule has 0 aliphatic carbocycles. The zero-order valence-corrected chi connectivity index (χ0v) is 12.5. The van der Waals surface area contributed by atoms with E-state index in [1.165, 1.54) is 4.90 Å². The Morgan fingerprint density at radius 3 is 2.55 bits per heavy atom. The molecule has 1 aliphatic rings. The van der Waals surface area contributed by atoms with Crippen molar-refractivity contribution in [2.75, 3.05) is 0 Å². The maximum atomic E-state index is 12.2. The maximum absolute atomic E-state index is 12.2. The predicted octanol–water partition coefficient (Wildman–Crippen LogP) is 3.59. The summed E-state index contributed by atoms with van der Waals surface area (Å²) in [5.74, 6) is -0.160. The number of aryl methyl sites for hydroxylation is 1. The molecule has 0 bridgehead atoms. The third-order valence-electron chi connectivity index (χ3n) is 3.35. The van der Waals surface area contributed by atoms with Crippen LogP contribution in [0.2, 0.25) is 0 Å². The van der Waals surface area contributed by atoms with Crippen molar-refractivity contribution in [3.8, 4) is 0 Å². The summed E-state index contributed by atoms with van der Waals surface area (Å²) in [5, 5.41) is 0. The Kier molecular flexibility index (Phi) is 3.84. The number of hydrogen-bond donors (Lipinski definition) is 0. The van der Waals surface area contributed by atoms with Crippen molar-refractivity contribution in [1.29, 1.82) is 0 Å². The molecule has 1 saturated heterocycles. The quantitative estimate of drug-likeness (QED) is 0.786. The van der Waals surface area contributed by atoms with Gasteiger partial charge in [-0.3, -0.25) is 4.79 Å². The first-order valence-corrected chi connectivity index (χ1v) is 6.90. The van der Waals surface area contributed by atoms with Gasteiger partial charge in [0.15, 0.2) is 0 Å². The number of ether oxygens (including phenoxy) is 1. The van der Waals surface area contributed by atoms with E-state index < -0.39 is 11.7 Å². The zero-order valence-electron chi connectivity index (χ0n) is 12.5. The van der Waals surface area contributed by atoms with Crippen molar-refractivity contribution in [2.45, 2.75) is 52.2 Å². The maximum Gasteiger partial charge on any atom is 0.417 e. The summed E-state index contributed by atoms with van der Waals surface area (Å²) in [5.41, 5.74) is 1.50. The van der Waals surface area contributed by atoms with E-state index in [1.807, 2.05) is 31.2 Å². The molecule has 1 heterocycles. The van der Waals surface area contributed by atoms with E-state index in [2.05, 4.69) is 0 Å². The van der Waals surface area contributed by atoms with Crippen LogP contribution in [0.1, 0.15) is 50.8 Å². The highest BCUT2D eigenvalue weighted by Crippen LogP contribution is 2.35. The van der Waals surface area contributed by atoms with Crippen LogP contribution in [-0.4, -0.2) is 22.5 Å². The second kappa shape index (κ2) is 5.27. The summed E-state index contributed by atoms with van der Waals surface area (Å²) in [6.45, 7) is 7.39. The van der Waals surface area contributed by atoms with Crippen LogP contribution in [-0.2, 0) is 9.53 Å². The molecule has 2 amide bonds. The van der Waals surface area contributed by atoms with E-state index in [-0.39, 0.29) is 11.9 Å². The van der Waals surface area contributed by atoms with Gasteiger partial charge in [-0.25, -0.2) is 9.69 Å². The number of hydrogen-bond acceptors (Lipinski definition) is 3. The molecular weight excluding hydrogens is 254 g/mol. The van der Waals surface area contributed by atoms with E-state index >= 15 is 0 Å². The standard InChI is InChI=1S/C16H21NO3/c1-11-7-5-6-8-12(11)13-9-10-14(18)17(13)15(19)20-16(2,3)4/h5-8,13H,9-10H2,1-4H3/t13-/m1/s1. The summed E-state index contributed by atoms with van der Waals surface area (Å²) in [4.78, 5) is 25.5. The molecule has 0 N–H and O–H groups in total. The van der Waals surface area contributed by atoms with Gasteiger partial charge in [0.2, 0.25) is 5.91 Å². The summed E-state index contributed by atoms with van der Waals surface area (Å²) < 4.78 is 5.35. The molecule has 1 aromatic carbocycles. The van der Waals surface area contributed by atoms with Gasteiger partial charge in [0, 0.05) is 6.42 Å². The Morgan fingerprint density at radius 2 is 1.95 bits per heavy atom. The average Bonchev–Trinajstić information content (AvgIpc) is 2.69. The number of amides is 2. The fourth-order valence-electron chi connectivity index (χ4n) is 2.48. The average molecular weight is 275 g/mol. The Bertz CT molecular complexity index is 531. The largest absolute Gasteiger partial charge is 0.443 e. The minimum Gasteiger partial charge on any atom is -0.443 e. The molecule has 20 heavy (non-hydrogen) atoms. The smallest absolute Gasteiger partial charge is 0.417 e. The van der Waals surface area contributed by atoms with Crippen LogP contribution >= 0.6 is 0 Å². The van der Waals surface area contributed by atoms with Crippen molar-refractivity contribution in [1.82, 2.24) is 4.90 Å². The second-order valence-corrected chi connectivity index (χ2v) is 6.16. The molecule has 1 atom stereocenters. The fraction of sp³-hybridized carbons (Fsp3) is 0.500. The molecular formula is C16H21NO3. The van der Waals surface area contributed by atoms with Crippen LogP contribution in [0.5, 0.6) is 0 Å². The SMILES string of the molecule is Cc1ccccc1[C@H]1CCC(=O)N1C(=O)OC(C)(C)C. The molecule has 1 aromatic rings. The predicted molar refractivity (Wildman–Crippen MR) is 76.2 cm³/mol. The van der Waals surface area contributed by atoms with Crippen LogP contribution in [0.3, 0.4) is 0 Å². The van der Waals surface area contributed by atoms with Gasteiger partial charge >= 0.3 is 6.09 Å². The lowest BCUT2D eigenvalue weighted by molar-refractivity contribution is -0.128. The van der Waals surface area contributed by atoms with Gasteiger partial charge in [-0.05, 0) is 45.2 Å². The Morgan fingerprint density at radius 1 is 1.30 bits per heavy atom. The molecule has 4 nitrogen and oxygen atoms in total. The third-order valence-corrected chi connectivity index (χ3v) is 3.35. The summed E-state index contributed by atoms with van der Waals surface area (Å²) in [6.07, 6.45) is 0.495. The number of likely N-dealkylation sites (tertiary alicyclic amines) is 1. The van der Waals surface area contributed by atoms with Gasteiger partial charge in [0.25, 0.3) is 0 Å². The van der Waals surface area contributed by atoms with Crippen LogP contribution in [0, 0.1) is 6.92 Å². The van der Waals surface area contributed by atoms with E-state index in [4.69, 9.17) is 4.74 Å². The number of imide groups is 1. The van der Waals surface area contributed by atoms with E-state index in [9.17, 15) is 9.59 Å². The Labute approximate surface area is 119 Å². The lowest BCUT2D eigenvalue weighted by Crippen LogP contribution is -2.39. The Balaban J connectivity index is 2.28. The normalized spacial score (nSPS) is 19.3. The first kappa shape index (κ1) is 14.6. The molecule has 0 saturated carbocycles. The number of carbonyl (C=O) groups is 2. The van der Waals surface area contributed by atoms with Crippen LogP contribution in [0.15, 0.2) is 24.3 Å². The summed E-state index contributed by atoms with van der Waals surface area (Å²) >= 11 is 0. The minimum absolute atomic E-state index is 0.160. The highest BCUT2D eigenvalue weighted by atomic mass is 16.6. The van der Waals surface area contributed by atoms with Crippen molar-refractivity contribution in [3.05, 3.63) is 35.4 Å². The minimum atomic E-state index is -0.601. The number of nitrogens with zero attached hydrogens (tertiary/aromatic N) is 1. The van der Waals surface area contributed by atoms with E-state index in [1.54, 1.807) is 20.8 Å². The molecule has 0 spiro atoms. The highest BCUT2D eigenvalue weighted by Gasteiger charge is 2.39. The first-order chi connectivity index (χ1) is 9.29. The molecule has 2 rings (SSSR count). The van der Waals surface area contributed by atoms with Gasteiger partial charge in [-0.1, -0.05) is 24.3 Å². The Hall–Kier alpha value is -1.84. The lowest BCUT2D eigenvalue weighted by Gasteiger charge is -2.28. The van der Waals surface area contributed by atoms with E-state index in [0.717, 1.165) is 11.1 Å². The molecule has 1 aliphatic heterocycles. The van der Waals surface area contributed by atoms with Gasteiger partial charge in [-0.2, -0.15) is 0 Å².